The Morgan fingerprint density at radius 2 is 2.09 bits per heavy atom. The van der Waals surface area contributed by atoms with Gasteiger partial charge in [-0.3, -0.25) is 4.79 Å². The highest BCUT2D eigenvalue weighted by Gasteiger charge is 2.38. The molecule has 1 heterocycles. The van der Waals surface area contributed by atoms with E-state index in [1.54, 1.807) is 0 Å². The summed E-state index contributed by atoms with van der Waals surface area (Å²) in [5, 5.41) is 8.93. The molecule has 1 unspecified atom stereocenters. The van der Waals surface area contributed by atoms with E-state index in [1.165, 1.54) is 18.2 Å². The van der Waals surface area contributed by atoms with Gasteiger partial charge in [-0.05, 0) is 35.9 Å². The van der Waals surface area contributed by atoms with Crippen LogP contribution in [0.2, 0.25) is 0 Å². The van der Waals surface area contributed by atoms with Gasteiger partial charge in [-0.1, -0.05) is 18.7 Å². The zero-order valence-corrected chi connectivity index (χ0v) is 12.1. The van der Waals surface area contributed by atoms with Crippen LogP contribution in [0.15, 0.2) is 29.7 Å². The average Bonchev–Trinajstić information content (AvgIpc) is 2.34. The van der Waals surface area contributed by atoms with Crippen LogP contribution in [0.25, 0.3) is 6.08 Å². The van der Waals surface area contributed by atoms with Gasteiger partial charge in [-0.15, -0.1) is 0 Å². The van der Waals surface area contributed by atoms with Crippen LogP contribution in [0.4, 0.5) is 13.2 Å². The van der Waals surface area contributed by atoms with Gasteiger partial charge in [-0.25, -0.2) is 4.79 Å². The average molecular weight is 331 g/mol. The minimum atomic E-state index is -4.49. The number of hydrogen-bond acceptors (Lipinski definition) is 3. The summed E-state index contributed by atoms with van der Waals surface area (Å²) in [5.41, 5.74) is -4.19. The number of benzene rings is 1. The summed E-state index contributed by atoms with van der Waals surface area (Å²) in [4.78, 5) is 24.1. The van der Waals surface area contributed by atoms with Crippen molar-refractivity contribution in [3.8, 4) is 0 Å². The van der Waals surface area contributed by atoms with Crippen LogP contribution in [0, 0.1) is 0 Å². The summed E-state index contributed by atoms with van der Waals surface area (Å²) >= 11 is -0.330. The molecule has 1 atom stereocenters. The van der Waals surface area contributed by atoms with Crippen molar-refractivity contribution in [2.24, 2.45) is 0 Å². The molecule has 0 aromatic heterocycles. The smallest absolute Gasteiger partial charge is 0.446 e. The number of alkyl halides is 3. The highest BCUT2D eigenvalue weighted by Crippen LogP contribution is 2.39. The Hall–Kier alpha value is -1.96. The highest BCUT2D eigenvalue weighted by molar-refractivity contribution is 8.00. The zero-order valence-electron chi connectivity index (χ0n) is 11.3. The molecule has 118 valence electrons. The minimum absolute atomic E-state index is 0.0308. The Labute approximate surface area is 128 Å². The summed E-state index contributed by atoms with van der Waals surface area (Å²) in [6, 6.07) is 2.94. The second kappa shape index (κ2) is 6.04. The number of thioether (sulfide) groups is 1. The van der Waals surface area contributed by atoms with E-state index < -0.39 is 23.4 Å². The van der Waals surface area contributed by atoms with E-state index in [1.807, 2.05) is 0 Å². The van der Waals surface area contributed by atoms with Crippen molar-refractivity contribution in [3.63, 3.8) is 0 Å². The first-order chi connectivity index (χ1) is 10.2. The Kier molecular flexibility index (Phi) is 4.50. The molecule has 0 bridgehead atoms. The third kappa shape index (κ3) is 3.44. The molecule has 0 spiro atoms. The number of aliphatic carboxylic acids is 1. The largest absolute Gasteiger partial charge is 0.480 e. The van der Waals surface area contributed by atoms with Gasteiger partial charge in [0, 0.05) is 17.0 Å². The molecule has 8 heteroatoms. The van der Waals surface area contributed by atoms with Crippen LogP contribution in [0.5, 0.6) is 0 Å². The van der Waals surface area contributed by atoms with Gasteiger partial charge >= 0.3 is 11.5 Å². The van der Waals surface area contributed by atoms with Crippen molar-refractivity contribution in [2.45, 2.75) is 22.9 Å². The number of nitrogens with zero attached hydrogens (tertiary/aromatic N) is 1. The lowest BCUT2D eigenvalue weighted by molar-refractivity contribution is -0.146. The van der Waals surface area contributed by atoms with E-state index >= 15 is 0 Å². The van der Waals surface area contributed by atoms with Crippen LogP contribution in [-0.4, -0.2) is 40.0 Å². The fraction of sp³-hybridized carbons (Fsp3) is 0.286. The summed E-state index contributed by atoms with van der Waals surface area (Å²) in [6.07, 6.45) is 1.61. The molecule has 0 radical (unpaired) electrons. The van der Waals surface area contributed by atoms with Crippen molar-refractivity contribution >= 4 is 29.7 Å². The topological polar surface area (TPSA) is 57.6 Å². The van der Waals surface area contributed by atoms with Crippen LogP contribution in [0.3, 0.4) is 0 Å². The molecule has 1 aromatic rings. The third-order valence-electron chi connectivity index (χ3n) is 3.27. The van der Waals surface area contributed by atoms with Gasteiger partial charge in [-0.2, -0.15) is 13.2 Å². The first kappa shape index (κ1) is 16.4. The number of rotatable bonds is 4. The molecule has 1 N–H and O–H groups in total. The second-order valence-electron chi connectivity index (χ2n) is 4.65. The molecular formula is C14H12F3NO3S. The second-order valence-corrected chi connectivity index (χ2v) is 5.75. The van der Waals surface area contributed by atoms with Crippen LogP contribution in [-0.2, 0) is 4.79 Å². The van der Waals surface area contributed by atoms with Gasteiger partial charge < -0.3 is 10.0 Å². The Balaban J connectivity index is 2.28. The maximum absolute atomic E-state index is 12.5. The van der Waals surface area contributed by atoms with Crippen molar-refractivity contribution in [2.75, 3.05) is 6.54 Å². The van der Waals surface area contributed by atoms with Gasteiger partial charge in [0.2, 0.25) is 0 Å². The van der Waals surface area contributed by atoms with Crippen molar-refractivity contribution < 1.29 is 27.9 Å². The lowest BCUT2D eigenvalue weighted by Gasteiger charge is -2.38. The number of carboxylic acids is 1. The first-order valence-corrected chi connectivity index (χ1v) is 7.10. The molecule has 2 rings (SSSR count). The van der Waals surface area contributed by atoms with Crippen LogP contribution in [0.1, 0.15) is 22.3 Å². The molecule has 1 saturated heterocycles. The maximum atomic E-state index is 12.5. The molecule has 1 aliphatic heterocycles. The highest BCUT2D eigenvalue weighted by atomic mass is 32.2. The van der Waals surface area contributed by atoms with E-state index in [0.717, 1.165) is 11.0 Å². The number of carboxylic acid groups (broad SMARTS) is 1. The molecule has 1 amide bonds. The number of amides is 1. The molecule has 1 fully saturated rings. The molecule has 4 nitrogen and oxygen atoms in total. The number of carbonyl (C=O) groups is 2. The lowest BCUT2D eigenvalue weighted by Crippen LogP contribution is -2.55. The lowest BCUT2D eigenvalue weighted by atomic mass is 10.0. The van der Waals surface area contributed by atoms with Crippen molar-refractivity contribution in [1.82, 2.24) is 4.90 Å². The minimum Gasteiger partial charge on any atom is -0.480 e. The van der Waals surface area contributed by atoms with Crippen LogP contribution >= 0.6 is 11.8 Å². The maximum Gasteiger partial charge on any atom is 0.446 e. The summed E-state index contributed by atoms with van der Waals surface area (Å²) in [7, 11) is 0. The molecular weight excluding hydrogens is 319 g/mol. The molecule has 22 heavy (non-hydrogen) atoms. The van der Waals surface area contributed by atoms with Gasteiger partial charge in [0.15, 0.2) is 0 Å². The van der Waals surface area contributed by atoms with E-state index in [2.05, 4.69) is 6.58 Å². The Bertz CT molecular complexity index is 630. The molecule has 0 aliphatic carbocycles. The summed E-state index contributed by atoms with van der Waals surface area (Å²) in [6.45, 7) is 3.72. The number of hydrogen-bond donors (Lipinski definition) is 1. The molecule has 0 saturated carbocycles. The Morgan fingerprint density at radius 1 is 1.41 bits per heavy atom. The summed E-state index contributed by atoms with van der Waals surface area (Å²) in [5.74, 6) is -1.70. The molecule has 1 aromatic carbocycles. The van der Waals surface area contributed by atoms with E-state index in [4.69, 9.17) is 5.11 Å². The zero-order chi connectivity index (χ0) is 16.5. The third-order valence-corrected chi connectivity index (χ3v) is 4.08. The van der Waals surface area contributed by atoms with E-state index in [9.17, 15) is 22.8 Å². The van der Waals surface area contributed by atoms with Crippen molar-refractivity contribution in [1.29, 1.82) is 0 Å². The van der Waals surface area contributed by atoms with Gasteiger partial charge in [0.1, 0.15) is 6.04 Å². The fourth-order valence-electron chi connectivity index (χ4n) is 2.10. The van der Waals surface area contributed by atoms with E-state index in [-0.39, 0.29) is 34.3 Å². The number of likely N-dealkylation sites (tertiary alicyclic amines) is 1. The predicted octanol–water partition coefficient (Wildman–Crippen LogP) is 3.24. The number of carbonyl (C=O) groups excluding carboxylic acids is 1. The number of halogens is 3. The van der Waals surface area contributed by atoms with Gasteiger partial charge in [0.05, 0.1) is 0 Å². The van der Waals surface area contributed by atoms with Gasteiger partial charge in [0.25, 0.3) is 5.91 Å². The van der Waals surface area contributed by atoms with Crippen LogP contribution < -0.4 is 0 Å². The normalized spacial score (nSPS) is 17.8. The quantitative estimate of drug-likeness (QED) is 0.861. The molecule has 1 aliphatic rings. The summed E-state index contributed by atoms with van der Waals surface area (Å²) < 4.78 is 37.6. The van der Waals surface area contributed by atoms with E-state index in [0.29, 0.717) is 6.42 Å². The predicted molar refractivity (Wildman–Crippen MR) is 75.5 cm³/mol. The monoisotopic (exact) mass is 331 g/mol. The first-order valence-electron chi connectivity index (χ1n) is 6.29. The van der Waals surface area contributed by atoms with Crippen molar-refractivity contribution in [3.05, 3.63) is 35.9 Å². The Morgan fingerprint density at radius 3 is 2.55 bits per heavy atom. The fourth-order valence-corrected chi connectivity index (χ4v) is 2.81. The SMILES string of the molecule is C=Cc1ccc(C(=O)N2CCC2C(=O)O)cc1SC(F)(F)F. The standard InChI is InChI=1S/C14H12F3NO3S/c1-2-8-3-4-9(7-11(8)22-14(15,16)17)12(19)18-6-5-10(18)13(20)21/h2-4,7,10H,1,5-6H2,(H,20,21).